The van der Waals surface area contributed by atoms with E-state index in [0.717, 1.165) is 19.3 Å². The van der Waals surface area contributed by atoms with Gasteiger partial charge in [0.1, 0.15) is 11.8 Å². The second-order valence-electron chi connectivity index (χ2n) is 4.48. The van der Waals surface area contributed by atoms with Crippen LogP contribution in [0.4, 0.5) is 0 Å². The largest absolute Gasteiger partial charge is 0.496 e. The number of carbonyl (C=O) groups is 1. The van der Waals surface area contributed by atoms with E-state index in [-0.39, 0.29) is 11.9 Å². The number of hydrogen-bond acceptors (Lipinski definition) is 3. The van der Waals surface area contributed by atoms with Gasteiger partial charge in [0.2, 0.25) is 0 Å². The number of carbonyl (C=O) groups excluding carboxylic acids is 1. The van der Waals surface area contributed by atoms with Gasteiger partial charge in [-0.25, -0.2) is 0 Å². The number of likely N-dealkylation sites (tertiary alicyclic amines) is 1. The quantitative estimate of drug-likeness (QED) is 0.836. The van der Waals surface area contributed by atoms with Gasteiger partial charge in [0.05, 0.1) is 18.7 Å². The summed E-state index contributed by atoms with van der Waals surface area (Å²) < 4.78 is 5.19. The maximum atomic E-state index is 12.5. The highest BCUT2D eigenvalue weighted by atomic mass is 35.5. The van der Waals surface area contributed by atoms with Crippen LogP contribution < -0.4 is 4.74 Å². The van der Waals surface area contributed by atoms with E-state index in [1.165, 1.54) is 7.11 Å². The Hall–Kier alpha value is -1.73. The van der Waals surface area contributed by atoms with Crippen molar-refractivity contribution in [2.24, 2.45) is 0 Å². The summed E-state index contributed by atoms with van der Waals surface area (Å²) in [5.74, 6) is 0.294. The molecule has 19 heavy (non-hydrogen) atoms. The Bertz CT molecular complexity index is 525. The van der Waals surface area contributed by atoms with Gasteiger partial charge in [-0.1, -0.05) is 11.6 Å². The van der Waals surface area contributed by atoms with E-state index < -0.39 is 0 Å². The van der Waals surface area contributed by atoms with Crippen LogP contribution in [0.25, 0.3) is 0 Å². The van der Waals surface area contributed by atoms with Gasteiger partial charge in [0, 0.05) is 11.6 Å². The lowest BCUT2D eigenvalue weighted by Gasteiger charge is -2.31. The second-order valence-corrected chi connectivity index (χ2v) is 4.92. The number of ether oxygens (including phenoxy) is 1. The molecule has 1 unspecified atom stereocenters. The number of nitrogens with zero attached hydrogens (tertiary/aromatic N) is 2. The molecule has 0 spiro atoms. The van der Waals surface area contributed by atoms with Gasteiger partial charge >= 0.3 is 0 Å². The van der Waals surface area contributed by atoms with Crippen molar-refractivity contribution >= 4 is 17.5 Å². The normalized spacial score (nSPS) is 18.8. The molecule has 100 valence electrons. The molecule has 2 rings (SSSR count). The van der Waals surface area contributed by atoms with Crippen molar-refractivity contribution in [2.45, 2.75) is 25.3 Å². The second kappa shape index (κ2) is 5.94. The number of methoxy groups -OCH3 is 1. The number of benzene rings is 1. The van der Waals surface area contributed by atoms with E-state index >= 15 is 0 Å². The summed E-state index contributed by atoms with van der Waals surface area (Å²) in [4.78, 5) is 14.1. The Balaban J connectivity index is 2.33. The maximum Gasteiger partial charge on any atom is 0.258 e. The highest BCUT2D eigenvalue weighted by molar-refractivity contribution is 6.31. The summed E-state index contributed by atoms with van der Waals surface area (Å²) in [5.41, 5.74) is 0.414. The van der Waals surface area contributed by atoms with Gasteiger partial charge in [-0.3, -0.25) is 4.79 Å². The van der Waals surface area contributed by atoms with Crippen LogP contribution in [0, 0.1) is 11.3 Å². The maximum absolute atomic E-state index is 12.5. The van der Waals surface area contributed by atoms with Crippen molar-refractivity contribution in [3.05, 3.63) is 28.8 Å². The summed E-state index contributed by atoms with van der Waals surface area (Å²) in [6.07, 6.45) is 2.63. The van der Waals surface area contributed by atoms with Crippen molar-refractivity contribution in [2.75, 3.05) is 13.7 Å². The third-order valence-electron chi connectivity index (χ3n) is 3.30. The predicted octanol–water partition coefficient (Wildman–Crippen LogP) is 2.87. The van der Waals surface area contributed by atoms with Crippen LogP contribution in [0.2, 0.25) is 5.02 Å². The van der Waals surface area contributed by atoms with Gasteiger partial charge in [0.15, 0.2) is 0 Å². The van der Waals surface area contributed by atoms with E-state index in [2.05, 4.69) is 6.07 Å². The van der Waals surface area contributed by atoms with Crippen molar-refractivity contribution in [1.29, 1.82) is 5.26 Å². The molecule has 1 heterocycles. The molecule has 1 aromatic rings. The smallest absolute Gasteiger partial charge is 0.258 e. The average Bonchev–Trinajstić information content (AvgIpc) is 2.46. The van der Waals surface area contributed by atoms with E-state index in [9.17, 15) is 4.79 Å². The lowest BCUT2D eigenvalue weighted by atomic mass is 10.0. The van der Waals surface area contributed by atoms with Gasteiger partial charge in [-0.15, -0.1) is 0 Å². The van der Waals surface area contributed by atoms with Gasteiger partial charge < -0.3 is 9.64 Å². The van der Waals surface area contributed by atoms with Crippen LogP contribution in [0.3, 0.4) is 0 Å². The predicted molar refractivity (Wildman–Crippen MR) is 72.3 cm³/mol. The minimum absolute atomic E-state index is 0.189. The molecule has 1 fully saturated rings. The first-order valence-electron chi connectivity index (χ1n) is 6.21. The molecule has 1 aliphatic heterocycles. The van der Waals surface area contributed by atoms with Gasteiger partial charge in [0.25, 0.3) is 5.91 Å². The van der Waals surface area contributed by atoms with Crippen LogP contribution in [0.5, 0.6) is 5.75 Å². The Kier molecular flexibility index (Phi) is 4.28. The number of amides is 1. The molecule has 4 nitrogen and oxygen atoms in total. The van der Waals surface area contributed by atoms with Crippen molar-refractivity contribution in [1.82, 2.24) is 4.90 Å². The zero-order valence-electron chi connectivity index (χ0n) is 10.7. The summed E-state index contributed by atoms with van der Waals surface area (Å²) in [7, 11) is 1.51. The lowest BCUT2D eigenvalue weighted by molar-refractivity contribution is 0.0667. The molecule has 0 bridgehead atoms. The number of halogens is 1. The lowest BCUT2D eigenvalue weighted by Crippen LogP contribution is -2.43. The summed E-state index contributed by atoms with van der Waals surface area (Å²) in [5, 5.41) is 9.62. The molecule has 1 saturated heterocycles. The molecule has 0 saturated carbocycles. The van der Waals surface area contributed by atoms with Crippen LogP contribution in [0.15, 0.2) is 18.2 Å². The van der Waals surface area contributed by atoms with E-state index in [4.69, 9.17) is 21.6 Å². The molecule has 5 heteroatoms. The molecule has 1 aromatic carbocycles. The fourth-order valence-corrected chi connectivity index (χ4v) is 2.48. The molecular weight excluding hydrogens is 264 g/mol. The fraction of sp³-hybridized carbons (Fsp3) is 0.429. The first-order valence-corrected chi connectivity index (χ1v) is 6.59. The highest BCUT2D eigenvalue weighted by Crippen LogP contribution is 2.27. The summed E-state index contributed by atoms with van der Waals surface area (Å²) >= 11 is 5.94. The third kappa shape index (κ3) is 2.82. The molecular formula is C14H15ClN2O2. The minimum Gasteiger partial charge on any atom is -0.496 e. The summed E-state index contributed by atoms with van der Waals surface area (Å²) in [6, 6.07) is 6.76. The molecule has 1 aliphatic rings. The van der Waals surface area contributed by atoms with Crippen LogP contribution in [0.1, 0.15) is 29.6 Å². The molecule has 1 atom stereocenters. The standard InChI is InChI=1S/C14H15ClN2O2/c1-19-13-6-5-10(15)8-12(13)14(18)17-7-3-2-4-11(17)9-16/h5-6,8,11H,2-4,7H2,1H3. The zero-order chi connectivity index (χ0) is 13.8. The fourth-order valence-electron chi connectivity index (χ4n) is 2.31. The molecule has 1 amide bonds. The Morgan fingerprint density at radius 3 is 3.00 bits per heavy atom. The number of rotatable bonds is 2. The van der Waals surface area contributed by atoms with E-state index in [0.29, 0.717) is 22.9 Å². The Morgan fingerprint density at radius 1 is 1.53 bits per heavy atom. The highest BCUT2D eigenvalue weighted by Gasteiger charge is 2.29. The van der Waals surface area contributed by atoms with Crippen molar-refractivity contribution in [3.63, 3.8) is 0 Å². The van der Waals surface area contributed by atoms with E-state index in [1.807, 2.05) is 0 Å². The topological polar surface area (TPSA) is 53.3 Å². The minimum atomic E-state index is -0.357. The van der Waals surface area contributed by atoms with Crippen LogP contribution >= 0.6 is 11.6 Å². The molecule has 0 N–H and O–H groups in total. The molecule has 0 aliphatic carbocycles. The average molecular weight is 279 g/mol. The SMILES string of the molecule is COc1ccc(Cl)cc1C(=O)N1CCCCC1C#N. The monoisotopic (exact) mass is 278 g/mol. The van der Waals surface area contributed by atoms with Gasteiger partial charge in [-0.05, 0) is 37.5 Å². The number of nitriles is 1. The third-order valence-corrected chi connectivity index (χ3v) is 3.54. The van der Waals surface area contributed by atoms with Crippen molar-refractivity contribution in [3.8, 4) is 11.8 Å². The zero-order valence-corrected chi connectivity index (χ0v) is 11.5. The number of piperidine rings is 1. The van der Waals surface area contributed by atoms with Gasteiger partial charge in [-0.2, -0.15) is 5.26 Å². The molecule has 0 aromatic heterocycles. The molecule has 0 radical (unpaired) electrons. The Labute approximate surface area is 117 Å². The first kappa shape index (κ1) is 13.7. The Morgan fingerprint density at radius 2 is 2.32 bits per heavy atom. The number of hydrogen-bond donors (Lipinski definition) is 0. The van der Waals surface area contributed by atoms with Crippen molar-refractivity contribution < 1.29 is 9.53 Å². The van der Waals surface area contributed by atoms with Crippen LogP contribution in [-0.2, 0) is 0 Å². The van der Waals surface area contributed by atoms with Crippen LogP contribution in [-0.4, -0.2) is 30.5 Å². The van der Waals surface area contributed by atoms with E-state index in [1.54, 1.807) is 23.1 Å². The summed E-state index contributed by atoms with van der Waals surface area (Å²) in [6.45, 7) is 0.604. The first-order chi connectivity index (χ1) is 9.17.